The van der Waals surface area contributed by atoms with E-state index in [1.807, 2.05) is 0 Å². The van der Waals surface area contributed by atoms with Crippen LogP contribution < -0.4 is 0 Å². The number of aromatic nitrogens is 1. The highest BCUT2D eigenvalue weighted by molar-refractivity contribution is 6.01. The zero-order valence-corrected chi connectivity index (χ0v) is 8.21. The predicted molar refractivity (Wildman–Crippen MR) is 51.5 cm³/mol. The average Bonchev–Trinajstić information content (AvgIpc) is 2.64. The Morgan fingerprint density at radius 1 is 1.25 bits per heavy atom. The van der Waals surface area contributed by atoms with E-state index >= 15 is 0 Å². The molecule has 2 rings (SSSR count). The number of hydrogen-bond donors (Lipinski definition) is 0. The van der Waals surface area contributed by atoms with Crippen LogP contribution in [0.3, 0.4) is 0 Å². The molecule has 2 nitrogen and oxygen atoms in total. The highest BCUT2D eigenvalue weighted by Gasteiger charge is 2.34. The second kappa shape index (κ2) is 3.73. The lowest BCUT2D eigenvalue weighted by Gasteiger charge is -2.12. The molecule has 0 radical (unpaired) electrons. The summed E-state index contributed by atoms with van der Waals surface area (Å²) in [7, 11) is 0. The molecule has 1 aromatic rings. The lowest BCUT2D eigenvalue weighted by atomic mass is 10.0. The molecule has 0 unspecified atom stereocenters. The molecule has 1 aliphatic carbocycles. The molecule has 5 heteroatoms. The van der Waals surface area contributed by atoms with Gasteiger partial charge in [-0.2, -0.15) is 13.2 Å². The number of allylic oxidation sites excluding steroid dienone is 2. The Kier molecular flexibility index (Phi) is 2.53. The van der Waals surface area contributed by atoms with Crippen molar-refractivity contribution in [1.82, 2.24) is 4.98 Å². The molecule has 1 aliphatic rings. The lowest BCUT2D eigenvalue weighted by molar-refractivity contribution is -0.137. The van der Waals surface area contributed by atoms with Crippen molar-refractivity contribution in [2.75, 3.05) is 0 Å². The summed E-state index contributed by atoms with van der Waals surface area (Å²) < 4.78 is 38.0. The molecule has 0 bridgehead atoms. The molecule has 84 valence electrons. The molecular formula is C11H8F3NO. The molecule has 0 spiro atoms. The number of carbonyl (C=O) groups is 1. The van der Waals surface area contributed by atoms with Crippen LogP contribution in [0.1, 0.15) is 24.0 Å². The van der Waals surface area contributed by atoms with Crippen LogP contribution in [0.4, 0.5) is 13.2 Å². The number of alkyl halides is 3. The Balaban J connectivity index is 2.49. The second-order valence-electron chi connectivity index (χ2n) is 3.55. The van der Waals surface area contributed by atoms with Crippen LogP contribution in [0.2, 0.25) is 0 Å². The Hall–Kier alpha value is -1.65. The Morgan fingerprint density at radius 2 is 2.00 bits per heavy atom. The number of nitrogens with zero attached hydrogens (tertiary/aromatic N) is 1. The van der Waals surface area contributed by atoms with Gasteiger partial charge in [-0.25, -0.2) is 0 Å². The van der Waals surface area contributed by atoms with Crippen LogP contribution in [-0.4, -0.2) is 10.8 Å². The largest absolute Gasteiger partial charge is 0.417 e. The van der Waals surface area contributed by atoms with E-state index in [1.165, 1.54) is 6.08 Å². The molecule has 0 atom stereocenters. The summed E-state index contributed by atoms with van der Waals surface area (Å²) in [6.45, 7) is 0. The fourth-order valence-electron chi connectivity index (χ4n) is 1.71. The summed E-state index contributed by atoms with van der Waals surface area (Å²) in [6.07, 6.45) is -0.247. The van der Waals surface area contributed by atoms with Gasteiger partial charge in [0.2, 0.25) is 0 Å². The molecule has 16 heavy (non-hydrogen) atoms. The Labute approximate surface area is 89.8 Å². The van der Waals surface area contributed by atoms with E-state index in [0.717, 1.165) is 18.5 Å². The predicted octanol–water partition coefficient (Wildman–Crippen LogP) is 2.85. The van der Waals surface area contributed by atoms with Crippen LogP contribution in [0, 0.1) is 0 Å². The number of carbonyl (C=O) groups excluding carboxylic acids is 1. The SMILES string of the molecule is O=C1C=C(c2cnccc2C(F)(F)F)CC1. The first kappa shape index (κ1) is 10.9. The van der Waals surface area contributed by atoms with Gasteiger partial charge in [0.1, 0.15) is 0 Å². The van der Waals surface area contributed by atoms with Crippen LogP contribution in [0.5, 0.6) is 0 Å². The van der Waals surface area contributed by atoms with Gasteiger partial charge in [0.25, 0.3) is 0 Å². The monoisotopic (exact) mass is 227 g/mol. The normalized spacial score (nSPS) is 16.4. The van der Waals surface area contributed by atoms with Crippen molar-refractivity contribution in [3.05, 3.63) is 35.7 Å². The number of ketones is 1. The molecule has 1 heterocycles. The van der Waals surface area contributed by atoms with Gasteiger partial charge >= 0.3 is 6.18 Å². The zero-order valence-electron chi connectivity index (χ0n) is 8.21. The minimum atomic E-state index is -4.41. The molecule has 0 N–H and O–H groups in total. The van der Waals surface area contributed by atoms with E-state index in [4.69, 9.17) is 0 Å². The van der Waals surface area contributed by atoms with Crippen molar-refractivity contribution in [2.45, 2.75) is 19.0 Å². The Bertz CT molecular complexity index is 463. The van der Waals surface area contributed by atoms with E-state index in [1.54, 1.807) is 0 Å². The first-order valence-electron chi connectivity index (χ1n) is 4.73. The molecule has 0 aromatic carbocycles. The van der Waals surface area contributed by atoms with Crippen LogP contribution >= 0.6 is 0 Å². The summed E-state index contributed by atoms with van der Waals surface area (Å²) >= 11 is 0. The summed E-state index contributed by atoms with van der Waals surface area (Å²) in [4.78, 5) is 14.7. The maximum Gasteiger partial charge on any atom is 0.417 e. The van der Waals surface area contributed by atoms with Gasteiger partial charge in [0.05, 0.1) is 5.56 Å². The molecule has 0 amide bonds. The van der Waals surface area contributed by atoms with Crippen LogP contribution in [0.25, 0.3) is 5.57 Å². The molecular weight excluding hydrogens is 219 g/mol. The number of rotatable bonds is 1. The van der Waals surface area contributed by atoms with Gasteiger partial charge in [0, 0.05) is 24.4 Å². The van der Waals surface area contributed by atoms with E-state index in [0.29, 0.717) is 12.0 Å². The van der Waals surface area contributed by atoms with Crippen molar-refractivity contribution in [1.29, 1.82) is 0 Å². The third kappa shape index (κ3) is 1.98. The van der Waals surface area contributed by atoms with Gasteiger partial charge in [-0.05, 0) is 24.1 Å². The minimum Gasteiger partial charge on any atom is -0.295 e. The maximum absolute atomic E-state index is 12.7. The smallest absolute Gasteiger partial charge is 0.295 e. The molecule has 0 saturated heterocycles. The van der Waals surface area contributed by atoms with Gasteiger partial charge in [0.15, 0.2) is 5.78 Å². The molecule has 0 aliphatic heterocycles. The summed E-state index contributed by atoms with van der Waals surface area (Å²) in [5, 5.41) is 0. The lowest BCUT2D eigenvalue weighted by Crippen LogP contribution is -2.08. The average molecular weight is 227 g/mol. The van der Waals surface area contributed by atoms with Crippen molar-refractivity contribution < 1.29 is 18.0 Å². The second-order valence-corrected chi connectivity index (χ2v) is 3.55. The number of hydrogen-bond acceptors (Lipinski definition) is 2. The summed E-state index contributed by atoms with van der Waals surface area (Å²) in [5.74, 6) is -0.132. The van der Waals surface area contributed by atoms with Crippen molar-refractivity contribution in [3.63, 3.8) is 0 Å². The first-order chi connectivity index (χ1) is 7.48. The van der Waals surface area contributed by atoms with Crippen molar-refractivity contribution in [3.8, 4) is 0 Å². The standard InChI is InChI=1S/C11H8F3NO/c12-11(13,14)10-3-4-15-6-9(10)7-1-2-8(16)5-7/h3-6H,1-2H2. The third-order valence-electron chi connectivity index (χ3n) is 2.45. The van der Waals surface area contributed by atoms with Gasteiger partial charge in [-0.1, -0.05) is 0 Å². The van der Waals surface area contributed by atoms with E-state index < -0.39 is 11.7 Å². The van der Waals surface area contributed by atoms with Crippen LogP contribution in [-0.2, 0) is 11.0 Å². The van der Waals surface area contributed by atoms with Crippen molar-refractivity contribution in [2.24, 2.45) is 0 Å². The van der Waals surface area contributed by atoms with Crippen molar-refractivity contribution >= 4 is 11.4 Å². The fourth-order valence-corrected chi connectivity index (χ4v) is 1.71. The zero-order chi connectivity index (χ0) is 11.8. The first-order valence-corrected chi connectivity index (χ1v) is 4.73. The molecule has 0 saturated carbocycles. The highest BCUT2D eigenvalue weighted by atomic mass is 19.4. The fraction of sp³-hybridized carbons (Fsp3) is 0.273. The highest BCUT2D eigenvalue weighted by Crippen LogP contribution is 2.37. The molecule has 0 fully saturated rings. The van der Waals surface area contributed by atoms with Gasteiger partial charge in [-0.3, -0.25) is 9.78 Å². The number of pyridine rings is 1. The third-order valence-corrected chi connectivity index (χ3v) is 2.45. The Morgan fingerprint density at radius 3 is 2.56 bits per heavy atom. The van der Waals surface area contributed by atoms with Gasteiger partial charge in [-0.15, -0.1) is 0 Å². The summed E-state index contributed by atoms with van der Waals surface area (Å²) in [6, 6.07) is 0.930. The van der Waals surface area contributed by atoms with Crippen LogP contribution in [0.15, 0.2) is 24.5 Å². The quantitative estimate of drug-likeness (QED) is 0.738. The van der Waals surface area contributed by atoms with Gasteiger partial charge < -0.3 is 0 Å². The van der Waals surface area contributed by atoms with E-state index in [-0.39, 0.29) is 17.8 Å². The molecule has 1 aromatic heterocycles. The summed E-state index contributed by atoms with van der Waals surface area (Å²) in [5.41, 5.74) is -0.297. The van der Waals surface area contributed by atoms with E-state index in [2.05, 4.69) is 4.98 Å². The maximum atomic E-state index is 12.7. The number of halogens is 3. The van der Waals surface area contributed by atoms with E-state index in [9.17, 15) is 18.0 Å². The minimum absolute atomic E-state index is 0.0147. The topological polar surface area (TPSA) is 30.0 Å².